The van der Waals surface area contributed by atoms with Crippen LogP contribution in [0.4, 0.5) is 0 Å². The molecule has 2 aromatic rings. The molecule has 1 aliphatic heterocycles. The van der Waals surface area contributed by atoms with Crippen molar-refractivity contribution < 1.29 is 19.1 Å². The molecule has 3 heteroatoms. The Morgan fingerprint density at radius 1 is 0.224 bits per heavy atom. The Bertz CT molecular complexity index is 2780. The Morgan fingerprint density at radius 2 is 0.424 bits per heavy atom. The van der Waals surface area contributed by atoms with Gasteiger partial charge in [-0.25, -0.2) is 4.70 Å². The Labute approximate surface area is 790 Å². The standard InChI is InChI=1S/C94H160N2.2C14H27.Ni/c1-7-13-19-25-29-31-33-35-37-39-41-43-45-47-49-51-53-55-57-59-61-65-69-75-87-80-88(76-70-66-62-60-58-56-54-52-50-48-46-44-42-40-38-36-34-32-30-26-20-14-8-2)84-90(83-87)94-92(78-72-24-18-12-6)91(77-71-23-17-11-5)93(96(94)95)89-81-85(73-67-63-27-21-15-9-3)79-86(82-89)74-68-64-28-22-16-10-4;2*1-3-5-7-9-11-13-14-12-10-8-6-4-2;/h79-84H,7-68,71-74,77-78H2,1-6H3;2*1,3H,4-14H2,2H3;. The Hall–Kier alpha value is -3.39. The molecule has 0 radical (unpaired) electrons. The zero-order chi connectivity index (χ0) is 89.6. The number of allylic oxidation sites excluding steroid dienone is 4. The van der Waals surface area contributed by atoms with Crippen molar-refractivity contribution in [3.8, 4) is 23.7 Å². The summed E-state index contributed by atoms with van der Waals surface area (Å²) in [6.45, 7) is 18.5. The number of hydrogen-bond acceptors (Lipinski definition) is 0. The van der Waals surface area contributed by atoms with Crippen molar-refractivity contribution in [3.05, 3.63) is 109 Å². The second-order valence-electron chi connectivity index (χ2n) is 39.4. The van der Waals surface area contributed by atoms with Crippen molar-refractivity contribution in [2.24, 2.45) is 0 Å². The Kier molecular flexibility index (Phi) is 89.7. The van der Waals surface area contributed by atoms with E-state index in [-0.39, 0.29) is 0 Å². The molecule has 0 fully saturated rings. The maximum atomic E-state index is 13.2. The van der Waals surface area contributed by atoms with Crippen molar-refractivity contribution >= 4 is 11.4 Å². The second kappa shape index (κ2) is 95.2. The summed E-state index contributed by atoms with van der Waals surface area (Å²) in [5, 5.41) is 4.60. The van der Waals surface area contributed by atoms with E-state index in [2.05, 4.69) is 138 Å². The summed E-state index contributed by atoms with van der Waals surface area (Å²) in [7, 11) is 0. The number of benzene rings is 2. The minimum absolute atomic E-state index is 0.936. The molecule has 0 unspecified atom stereocenters. The van der Waals surface area contributed by atoms with E-state index in [9.17, 15) is 5.53 Å². The molecule has 2 aromatic carbocycles. The first-order valence-electron chi connectivity index (χ1n) is 57.0. The molecule has 722 valence electrons. The summed E-state index contributed by atoms with van der Waals surface area (Å²) in [4.78, 5) is 0. The van der Waals surface area contributed by atoms with Crippen molar-refractivity contribution in [2.45, 2.75) is 633 Å². The second-order valence-corrected chi connectivity index (χ2v) is 40.4. The molecule has 0 bridgehead atoms. The van der Waals surface area contributed by atoms with E-state index in [0.29, 0.717) is 0 Å². The first-order chi connectivity index (χ1) is 61.9. The molecule has 0 saturated carbocycles. The third-order valence-corrected chi connectivity index (χ3v) is 27.9. The van der Waals surface area contributed by atoms with E-state index < -0.39 is 0 Å². The topological polar surface area (TPSA) is 25.3 Å². The summed E-state index contributed by atoms with van der Waals surface area (Å²) in [5.41, 5.74) is 25.3. The zero-order valence-electron chi connectivity index (χ0n) is 85.6. The quantitative estimate of drug-likeness (QED) is 0.0273. The van der Waals surface area contributed by atoms with Crippen molar-refractivity contribution in [3.63, 3.8) is 0 Å². The van der Waals surface area contributed by atoms with Gasteiger partial charge in [-0.1, -0.05) is 458 Å². The van der Waals surface area contributed by atoms with Gasteiger partial charge in [0.2, 0.25) is 11.4 Å². The van der Waals surface area contributed by atoms with Crippen molar-refractivity contribution in [1.29, 1.82) is 0 Å². The van der Waals surface area contributed by atoms with Gasteiger partial charge in [0.25, 0.3) is 0 Å². The molecular weight excluding hydrogens is 1550 g/mol. The van der Waals surface area contributed by atoms with E-state index in [4.69, 9.17) is 0 Å². The van der Waals surface area contributed by atoms with Gasteiger partial charge in [0.05, 0.1) is 0 Å². The van der Waals surface area contributed by atoms with E-state index in [1.165, 1.54) is 554 Å². The summed E-state index contributed by atoms with van der Waals surface area (Å²) in [5.74, 6) is 14.7. The predicted octanol–water partition coefficient (Wildman–Crippen LogP) is 43.2. The average molecular weight is 1770 g/mol. The first kappa shape index (κ1) is 118. The minimum atomic E-state index is 0.936. The summed E-state index contributed by atoms with van der Waals surface area (Å²) in [6.07, 6.45) is 126. The number of nitrogens with zero attached hydrogens (tertiary/aromatic N) is 2. The molecule has 0 spiro atoms. The van der Waals surface area contributed by atoms with Crippen LogP contribution in [0.2, 0.25) is 0 Å². The molecule has 0 aliphatic carbocycles. The van der Waals surface area contributed by atoms with Crippen LogP contribution in [-0.2, 0) is 27.3 Å². The van der Waals surface area contributed by atoms with Crippen LogP contribution in [-0.4, -0.2) is 4.70 Å². The van der Waals surface area contributed by atoms with E-state index in [1.54, 1.807) is 19.1 Å². The molecule has 2 nitrogen and oxygen atoms in total. The van der Waals surface area contributed by atoms with Crippen LogP contribution in [0, 0.1) is 23.7 Å². The van der Waals surface area contributed by atoms with Crippen LogP contribution in [0.25, 0.3) is 16.9 Å². The van der Waals surface area contributed by atoms with Gasteiger partial charge in [0, 0.05) is 46.2 Å². The molecule has 0 atom stereocenters. The number of aryl methyl sites for hydroxylation is 2. The van der Waals surface area contributed by atoms with E-state index in [1.807, 2.05) is 0 Å². The molecule has 125 heavy (non-hydrogen) atoms. The number of hydrogen-bond donors (Lipinski definition) is 0. The zero-order valence-corrected chi connectivity index (χ0v) is 86.6. The van der Waals surface area contributed by atoms with Gasteiger partial charge in [-0.2, -0.15) is 0 Å². The van der Waals surface area contributed by atoms with Crippen LogP contribution in [0.1, 0.15) is 654 Å². The molecule has 0 aromatic heterocycles. The summed E-state index contributed by atoms with van der Waals surface area (Å²) in [6, 6.07) is 14.4. The molecule has 3 rings (SSSR count). The van der Waals surface area contributed by atoms with Crippen LogP contribution in [0.5, 0.6) is 0 Å². The van der Waals surface area contributed by atoms with Gasteiger partial charge in [-0.15, -0.1) is 0 Å². The normalized spacial score (nSPS) is 12.3. The average Bonchev–Trinajstić information content (AvgIpc) is 1.60. The molecule has 0 saturated heterocycles. The molecular formula is C122H214N2Ni. The van der Waals surface area contributed by atoms with Gasteiger partial charge in [0.15, 0.2) is 0 Å². The fraction of sp³-hybridized carbons (Fsp3) is 0.803. The van der Waals surface area contributed by atoms with E-state index >= 15 is 0 Å². The third kappa shape index (κ3) is 72.9. The molecule has 0 N–H and O–H groups in total. The molecule has 1 heterocycles. The van der Waals surface area contributed by atoms with Gasteiger partial charge in [-0.05, 0) is 106 Å². The Morgan fingerprint density at radius 3 is 0.672 bits per heavy atom. The van der Waals surface area contributed by atoms with Crippen molar-refractivity contribution in [1.82, 2.24) is 0 Å². The molecule has 1 aliphatic rings. The minimum Gasteiger partial charge on any atom is -0.493 e. The Balaban J connectivity index is 0.00000154. The van der Waals surface area contributed by atoms with Gasteiger partial charge in [-0.3, -0.25) is 0 Å². The predicted molar refractivity (Wildman–Crippen MR) is 561 cm³/mol. The number of unbranched alkanes of at least 4 members (excludes halogenated alkanes) is 78. The van der Waals surface area contributed by atoms with Crippen LogP contribution in [0.3, 0.4) is 0 Å². The smallest absolute Gasteiger partial charge is 0.493 e. The van der Waals surface area contributed by atoms with E-state index in [0.717, 1.165) is 79.5 Å². The van der Waals surface area contributed by atoms with Gasteiger partial charge >= 0.3 is 165 Å². The fourth-order valence-electron chi connectivity index (χ4n) is 18.9. The number of rotatable bonds is 92. The van der Waals surface area contributed by atoms with Crippen LogP contribution < -0.4 is 0 Å². The summed E-state index contributed by atoms with van der Waals surface area (Å²) < 4.78 is 1.69. The third-order valence-electron chi connectivity index (χ3n) is 27.1. The van der Waals surface area contributed by atoms with Gasteiger partial charge in [0.1, 0.15) is 0 Å². The maximum absolute atomic E-state index is 13.2. The first-order valence-corrected chi connectivity index (χ1v) is 58.1. The molecule has 0 amide bonds. The fourth-order valence-corrected chi connectivity index (χ4v) is 19.6. The van der Waals surface area contributed by atoms with Crippen LogP contribution >= 0.6 is 0 Å². The monoisotopic (exact) mass is 1770 g/mol. The summed E-state index contributed by atoms with van der Waals surface area (Å²) >= 11 is 1.67. The SMILES string of the molecule is CCCCCCCCCCCCC=[CH][Ni][CH]=CCCCCCCCCCCCC.CCCCCCCCCCCCCCCCCCCCCCCC#Cc1cc(C#CCCCCCCCCCCCCCCCCCCCCCCC)cc(C2=C(CCCCCC)C(CCCCCC)=C(c3cc(CCCCCCCC)cc(CCCCCCCC)c3)[N+]2=[N-])c1. The van der Waals surface area contributed by atoms with Crippen molar-refractivity contribution in [2.75, 3.05) is 0 Å². The van der Waals surface area contributed by atoms with Crippen LogP contribution in [0.15, 0.2) is 69.8 Å². The van der Waals surface area contributed by atoms with Gasteiger partial charge < -0.3 is 5.53 Å².